The second-order valence-electron chi connectivity index (χ2n) is 5.33. The molecule has 0 bridgehead atoms. The molecule has 26 heavy (non-hydrogen) atoms. The third-order valence-corrected chi connectivity index (χ3v) is 4.37. The fourth-order valence-corrected chi connectivity index (χ4v) is 2.94. The highest BCUT2D eigenvalue weighted by molar-refractivity contribution is 9.10. The van der Waals surface area contributed by atoms with Crippen LogP contribution in [0.1, 0.15) is 5.56 Å². The third-order valence-electron chi connectivity index (χ3n) is 3.77. The zero-order chi connectivity index (χ0) is 18.8. The number of anilines is 1. The van der Waals surface area contributed by atoms with E-state index in [1.165, 1.54) is 30.3 Å². The van der Waals surface area contributed by atoms with Crippen molar-refractivity contribution in [1.82, 2.24) is 4.98 Å². The number of nitrogens with two attached hydrogens (primary N) is 1. The van der Waals surface area contributed by atoms with Crippen LogP contribution in [0.2, 0.25) is 0 Å². The van der Waals surface area contributed by atoms with E-state index in [1.54, 1.807) is 18.2 Å². The predicted molar refractivity (Wildman–Crippen MR) is 98.5 cm³/mol. The number of aromatic nitrogens is 1. The van der Waals surface area contributed by atoms with Crippen molar-refractivity contribution >= 4 is 27.4 Å². The maximum Gasteiger partial charge on any atom is 0.278 e. The van der Waals surface area contributed by atoms with Gasteiger partial charge in [-0.1, -0.05) is 18.2 Å². The predicted octanol–water partition coefficient (Wildman–Crippen LogP) is 4.68. The van der Waals surface area contributed by atoms with Crippen LogP contribution in [-0.4, -0.2) is 9.91 Å². The van der Waals surface area contributed by atoms with E-state index >= 15 is 0 Å². The lowest BCUT2D eigenvalue weighted by atomic mass is 9.98. The van der Waals surface area contributed by atoms with E-state index in [2.05, 4.69) is 20.9 Å². The SMILES string of the molecule is N#Cc1c(-c2ccc(F)c(Br)c2)cc(-c2ccccc2[N+](=O)[O-])nc1N. The monoisotopic (exact) mass is 412 g/mol. The Kier molecular flexibility index (Phi) is 4.65. The van der Waals surface area contributed by atoms with Gasteiger partial charge < -0.3 is 5.73 Å². The fraction of sp³-hybridized carbons (Fsp3) is 0. The van der Waals surface area contributed by atoms with Crippen molar-refractivity contribution < 1.29 is 9.31 Å². The summed E-state index contributed by atoms with van der Waals surface area (Å²) < 4.78 is 13.8. The molecular formula is C18H10BrFN4O2. The number of nitrogen functional groups attached to an aromatic ring is 1. The standard InChI is InChI=1S/C18H10BrFN4O2/c19-14-7-10(5-6-15(14)20)12-8-16(23-18(22)13(12)9-21)11-3-1-2-4-17(11)24(25)26/h1-8H,(H2,22,23). The zero-order valence-electron chi connectivity index (χ0n) is 13.1. The quantitative estimate of drug-likeness (QED) is 0.496. The normalized spacial score (nSPS) is 10.3. The molecule has 1 heterocycles. The molecule has 0 saturated carbocycles. The van der Waals surface area contributed by atoms with Crippen LogP contribution < -0.4 is 5.73 Å². The molecule has 0 aliphatic heterocycles. The van der Waals surface area contributed by atoms with Gasteiger partial charge >= 0.3 is 0 Å². The highest BCUT2D eigenvalue weighted by Gasteiger charge is 2.19. The zero-order valence-corrected chi connectivity index (χ0v) is 14.7. The molecule has 0 unspecified atom stereocenters. The van der Waals surface area contributed by atoms with Gasteiger partial charge in [0, 0.05) is 11.6 Å². The van der Waals surface area contributed by atoms with Crippen LogP contribution in [0.15, 0.2) is 53.0 Å². The average molecular weight is 413 g/mol. The molecule has 0 amide bonds. The number of hydrogen-bond acceptors (Lipinski definition) is 5. The number of halogens is 2. The van der Waals surface area contributed by atoms with Crippen LogP contribution in [0.5, 0.6) is 0 Å². The highest BCUT2D eigenvalue weighted by Crippen LogP contribution is 2.35. The number of rotatable bonds is 3. The van der Waals surface area contributed by atoms with Gasteiger partial charge in [-0.05, 0) is 45.8 Å². The average Bonchev–Trinajstić information content (AvgIpc) is 2.63. The first kappa shape index (κ1) is 17.5. The summed E-state index contributed by atoms with van der Waals surface area (Å²) in [5.74, 6) is -0.508. The van der Waals surface area contributed by atoms with Gasteiger partial charge in [-0.15, -0.1) is 0 Å². The Hall–Kier alpha value is -3.31. The smallest absolute Gasteiger partial charge is 0.278 e. The van der Waals surface area contributed by atoms with Gasteiger partial charge in [0.25, 0.3) is 5.69 Å². The second kappa shape index (κ2) is 6.90. The Balaban J connectivity index is 2.29. The van der Waals surface area contributed by atoms with Gasteiger partial charge in [-0.3, -0.25) is 10.1 Å². The Morgan fingerprint density at radius 3 is 2.58 bits per heavy atom. The van der Waals surface area contributed by atoms with Crippen LogP contribution in [0, 0.1) is 27.3 Å². The van der Waals surface area contributed by atoms with Gasteiger partial charge in [0.15, 0.2) is 0 Å². The summed E-state index contributed by atoms with van der Waals surface area (Å²) in [4.78, 5) is 14.9. The van der Waals surface area contributed by atoms with E-state index in [9.17, 15) is 19.8 Å². The molecule has 3 rings (SSSR count). The molecule has 1 aromatic heterocycles. The van der Waals surface area contributed by atoms with E-state index in [1.807, 2.05) is 6.07 Å². The molecule has 2 N–H and O–H groups in total. The minimum atomic E-state index is -0.514. The summed E-state index contributed by atoms with van der Waals surface area (Å²) in [5.41, 5.74) is 7.37. The lowest BCUT2D eigenvalue weighted by Gasteiger charge is -2.11. The van der Waals surface area contributed by atoms with Crippen LogP contribution in [0.4, 0.5) is 15.9 Å². The van der Waals surface area contributed by atoms with E-state index in [0.717, 1.165) is 0 Å². The summed E-state index contributed by atoms with van der Waals surface area (Å²) >= 11 is 3.11. The minimum Gasteiger partial charge on any atom is -0.383 e. The van der Waals surface area contributed by atoms with Gasteiger partial charge in [0.2, 0.25) is 0 Å². The first-order chi connectivity index (χ1) is 12.4. The van der Waals surface area contributed by atoms with Crippen molar-refractivity contribution in [3.05, 3.63) is 74.5 Å². The fourth-order valence-electron chi connectivity index (χ4n) is 2.56. The van der Waals surface area contributed by atoms with Crippen molar-refractivity contribution in [2.75, 3.05) is 5.73 Å². The Morgan fingerprint density at radius 1 is 1.19 bits per heavy atom. The highest BCUT2D eigenvalue weighted by atomic mass is 79.9. The van der Waals surface area contributed by atoms with Gasteiger partial charge in [0.1, 0.15) is 23.3 Å². The van der Waals surface area contributed by atoms with E-state index in [-0.39, 0.29) is 32.8 Å². The number of nitriles is 1. The number of para-hydroxylation sites is 1. The molecule has 0 spiro atoms. The topological polar surface area (TPSA) is 106 Å². The Bertz CT molecular complexity index is 1080. The summed E-state index contributed by atoms with van der Waals surface area (Å²) in [7, 11) is 0. The Labute approximate surface area is 156 Å². The van der Waals surface area contributed by atoms with Crippen LogP contribution >= 0.6 is 15.9 Å². The van der Waals surface area contributed by atoms with Crippen molar-refractivity contribution in [3.8, 4) is 28.5 Å². The molecule has 0 atom stereocenters. The molecule has 0 radical (unpaired) electrons. The van der Waals surface area contributed by atoms with Crippen molar-refractivity contribution in [1.29, 1.82) is 5.26 Å². The minimum absolute atomic E-state index is 0.0569. The van der Waals surface area contributed by atoms with E-state index < -0.39 is 10.7 Å². The third kappa shape index (κ3) is 3.12. The maximum absolute atomic E-state index is 13.5. The molecule has 0 aliphatic rings. The molecule has 0 fully saturated rings. The number of nitro benzene ring substituents is 1. The summed E-state index contributed by atoms with van der Waals surface area (Å²) in [5, 5.41) is 20.7. The number of hydrogen-bond donors (Lipinski definition) is 1. The molecule has 2 aromatic carbocycles. The number of pyridine rings is 1. The molecule has 6 nitrogen and oxygen atoms in total. The number of nitrogens with zero attached hydrogens (tertiary/aromatic N) is 3. The van der Waals surface area contributed by atoms with Gasteiger partial charge in [-0.2, -0.15) is 5.26 Å². The lowest BCUT2D eigenvalue weighted by Crippen LogP contribution is -2.01. The van der Waals surface area contributed by atoms with Gasteiger partial charge in [-0.25, -0.2) is 9.37 Å². The number of nitro groups is 1. The van der Waals surface area contributed by atoms with E-state index in [4.69, 9.17) is 5.73 Å². The summed E-state index contributed by atoms with van der Waals surface area (Å²) in [6, 6.07) is 13.9. The lowest BCUT2D eigenvalue weighted by molar-refractivity contribution is -0.384. The molecule has 3 aromatic rings. The first-order valence-corrected chi connectivity index (χ1v) is 8.11. The van der Waals surface area contributed by atoms with E-state index in [0.29, 0.717) is 11.1 Å². The van der Waals surface area contributed by atoms with Crippen LogP contribution in [-0.2, 0) is 0 Å². The van der Waals surface area contributed by atoms with Crippen molar-refractivity contribution in [2.45, 2.75) is 0 Å². The molecule has 0 saturated heterocycles. The van der Waals surface area contributed by atoms with Crippen LogP contribution in [0.3, 0.4) is 0 Å². The molecule has 8 heteroatoms. The van der Waals surface area contributed by atoms with Crippen molar-refractivity contribution in [2.24, 2.45) is 0 Å². The first-order valence-electron chi connectivity index (χ1n) is 7.32. The maximum atomic E-state index is 13.5. The molecular weight excluding hydrogens is 403 g/mol. The van der Waals surface area contributed by atoms with Crippen molar-refractivity contribution in [3.63, 3.8) is 0 Å². The summed E-state index contributed by atoms with van der Waals surface area (Å²) in [6.45, 7) is 0. The summed E-state index contributed by atoms with van der Waals surface area (Å²) in [6.07, 6.45) is 0. The van der Waals surface area contributed by atoms with Gasteiger partial charge in [0.05, 0.1) is 20.7 Å². The van der Waals surface area contributed by atoms with Crippen LogP contribution in [0.25, 0.3) is 22.4 Å². The number of benzene rings is 2. The molecule has 0 aliphatic carbocycles. The second-order valence-corrected chi connectivity index (χ2v) is 6.18. The molecule has 128 valence electrons. The Morgan fingerprint density at radius 2 is 1.92 bits per heavy atom. The largest absolute Gasteiger partial charge is 0.383 e.